The van der Waals surface area contributed by atoms with Gasteiger partial charge in [-0.1, -0.05) is 41.9 Å². The molecule has 1 aliphatic carbocycles. The van der Waals surface area contributed by atoms with E-state index in [0.717, 1.165) is 29.3 Å². The van der Waals surface area contributed by atoms with Gasteiger partial charge in [-0.05, 0) is 71.3 Å². The molecule has 5 heteroatoms. The molecule has 0 N–H and O–H groups in total. The van der Waals surface area contributed by atoms with E-state index >= 15 is 0 Å². The minimum Gasteiger partial charge on any atom is -0.274 e. The maximum absolute atomic E-state index is 13.1. The third kappa shape index (κ3) is 2.80. The molecule has 1 aliphatic heterocycles. The van der Waals surface area contributed by atoms with Gasteiger partial charge in [-0.25, -0.2) is 4.90 Å². The van der Waals surface area contributed by atoms with Crippen LogP contribution in [-0.2, 0) is 9.59 Å². The number of halogens is 2. The second-order valence-corrected chi connectivity index (χ2v) is 8.38. The quantitative estimate of drug-likeness (QED) is 0.589. The molecule has 2 fully saturated rings. The minimum absolute atomic E-state index is 0.0759. The molecule has 134 valence electrons. The van der Waals surface area contributed by atoms with Gasteiger partial charge in [0.25, 0.3) is 0 Å². The monoisotopic (exact) mass is 431 g/mol. The summed E-state index contributed by atoms with van der Waals surface area (Å²) in [6.07, 6.45) is 2.44. The van der Waals surface area contributed by atoms with Crippen LogP contribution < -0.4 is 4.90 Å². The van der Waals surface area contributed by atoms with Crippen molar-refractivity contribution < 1.29 is 9.59 Å². The lowest BCUT2D eigenvalue weighted by molar-refractivity contribution is -0.122. The number of fused-ring (bicyclic) bond motifs is 1. The van der Waals surface area contributed by atoms with Gasteiger partial charge in [-0.2, -0.15) is 0 Å². The second kappa shape index (κ2) is 6.82. The first-order valence-electron chi connectivity index (χ1n) is 8.86. The van der Waals surface area contributed by atoms with Crippen molar-refractivity contribution in [3.63, 3.8) is 0 Å². The van der Waals surface area contributed by atoms with Crippen molar-refractivity contribution in [1.82, 2.24) is 0 Å². The largest absolute Gasteiger partial charge is 0.274 e. The Hall–Kier alpha value is -1.65. The van der Waals surface area contributed by atoms with E-state index in [9.17, 15) is 9.59 Å². The molecule has 0 aromatic heterocycles. The van der Waals surface area contributed by atoms with Gasteiger partial charge in [0.1, 0.15) is 0 Å². The van der Waals surface area contributed by atoms with Crippen molar-refractivity contribution in [3.8, 4) is 0 Å². The fraction of sp³-hybridized carbons (Fsp3) is 0.333. The summed E-state index contributed by atoms with van der Waals surface area (Å²) in [5.74, 6) is -0.258. The fourth-order valence-corrected chi connectivity index (χ4v) is 4.92. The van der Waals surface area contributed by atoms with Gasteiger partial charge in [-0.3, -0.25) is 9.59 Å². The first-order valence-corrected chi connectivity index (χ1v) is 10.0. The zero-order chi connectivity index (χ0) is 18.4. The van der Waals surface area contributed by atoms with Crippen molar-refractivity contribution in [2.75, 3.05) is 4.90 Å². The molecule has 2 aliphatic rings. The molecule has 3 unspecified atom stereocenters. The van der Waals surface area contributed by atoms with E-state index in [1.54, 1.807) is 12.1 Å². The average Bonchev–Trinajstić information content (AvgIpc) is 2.91. The van der Waals surface area contributed by atoms with Crippen LogP contribution in [-0.4, -0.2) is 11.8 Å². The zero-order valence-corrected chi connectivity index (χ0v) is 16.8. The summed E-state index contributed by atoms with van der Waals surface area (Å²) < 4.78 is 0.765. The van der Waals surface area contributed by atoms with Crippen molar-refractivity contribution in [1.29, 1.82) is 0 Å². The summed E-state index contributed by atoms with van der Waals surface area (Å²) in [5.41, 5.74) is 2.62. The molecule has 3 atom stereocenters. The van der Waals surface area contributed by atoms with Crippen LogP contribution in [0.1, 0.15) is 36.3 Å². The molecule has 0 radical (unpaired) electrons. The van der Waals surface area contributed by atoms with E-state index < -0.39 is 0 Å². The maximum atomic E-state index is 13.1. The molecular weight excluding hydrogens is 414 g/mol. The lowest BCUT2D eigenvalue weighted by Crippen LogP contribution is -2.31. The minimum atomic E-state index is -0.233. The van der Waals surface area contributed by atoms with E-state index in [2.05, 4.69) is 28.1 Å². The van der Waals surface area contributed by atoms with E-state index in [1.165, 1.54) is 10.5 Å². The van der Waals surface area contributed by atoms with Gasteiger partial charge in [0.05, 0.1) is 22.5 Å². The van der Waals surface area contributed by atoms with Crippen LogP contribution >= 0.6 is 27.5 Å². The van der Waals surface area contributed by atoms with E-state index in [-0.39, 0.29) is 23.7 Å². The Morgan fingerprint density at radius 1 is 1.00 bits per heavy atom. The van der Waals surface area contributed by atoms with E-state index in [1.807, 2.05) is 25.1 Å². The third-order valence-corrected chi connectivity index (χ3v) is 7.12. The highest BCUT2D eigenvalue weighted by Gasteiger charge is 2.51. The summed E-state index contributed by atoms with van der Waals surface area (Å²) in [4.78, 5) is 27.5. The highest BCUT2D eigenvalue weighted by Crippen LogP contribution is 2.46. The molecule has 4 rings (SSSR count). The van der Waals surface area contributed by atoms with E-state index in [4.69, 9.17) is 11.6 Å². The maximum Gasteiger partial charge on any atom is 0.237 e. The number of nitrogens with zero attached hydrogens (tertiary/aromatic N) is 1. The van der Waals surface area contributed by atoms with Crippen molar-refractivity contribution in [3.05, 3.63) is 63.1 Å². The number of amides is 2. The number of hydrogen-bond donors (Lipinski definition) is 0. The van der Waals surface area contributed by atoms with E-state index in [0.29, 0.717) is 16.6 Å². The number of rotatable bonds is 2. The lowest BCUT2D eigenvalue weighted by Gasteiger charge is -2.28. The highest BCUT2D eigenvalue weighted by molar-refractivity contribution is 9.10. The van der Waals surface area contributed by atoms with Crippen molar-refractivity contribution in [2.24, 2.45) is 11.8 Å². The van der Waals surface area contributed by atoms with Crippen molar-refractivity contribution in [2.45, 2.75) is 32.1 Å². The van der Waals surface area contributed by atoms with Crippen LogP contribution in [0.3, 0.4) is 0 Å². The van der Waals surface area contributed by atoms with Crippen LogP contribution in [0.4, 0.5) is 5.69 Å². The summed E-state index contributed by atoms with van der Waals surface area (Å²) in [6.45, 7) is 1.84. The summed E-state index contributed by atoms with van der Waals surface area (Å²) >= 11 is 9.71. The summed E-state index contributed by atoms with van der Waals surface area (Å²) in [7, 11) is 0. The first kappa shape index (κ1) is 17.7. The SMILES string of the molecule is Cc1c(N2C(=O)C3CCC(c4ccccc4)CC3C2=O)ccc(Br)c1Cl. The zero-order valence-electron chi connectivity index (χ0n) is 14.4. The Morgan fingerprint density at radius 3 is 2.42 bits per heavy atom. The topological polar surface area (TPSA) is 37.4 Å². The van der Waals surface area contributed by atoms with Crippen LogP contribution in [0.25, 0.3) is 0 Å². The Kier molecular flexibility index (Phi) is 4.66. The Balaban J connectivity index is 1.65. The number of carbonyl (C=O) groups is 2. The lowest BCUT2D eigenvalue weighted by atomic mass is 9.73. The first-order chi connectivity index (χ1) is 12.5. The summed E-state index contributed by atoms with van der Waals surface area (Å²) in [5, 5.41) is 0.542. The van der Waals surface area contributed by atoms with Crippen LogP contribution in [0.5, 0.6) is 0 Å². The number of imide groups is 1. The fourth-order valence-electron chi connectivity index (χ4n) is 4.33. The van der Waals surface area contributed by atoms with Crippen molar-refractivity contribution >= 4 is 45.0 Å². The molecule has 0 bridgehead atoms. The van der Waals surface area contributed by atoms with Crippen LogP contribution in [0, 0.1) is 18.8 Å². The smallest absolute Gasteiger partial charge is 0.237 e. The van der Waals surface area contributed by atoms with Gasteiger partial charge < -0.3 is 0 Å². The Morgan fingerprint density at radius 2 is 1.69 bits per heavy atom. The molecule has 1 saturated heterocycles. The predicted octanol–water partition coefficient (Wildman–Crippen LogP) is 5.48. The molecule has 0 spiro atoms. The van der Waals surface area contributed by atoms with Gasteiger partial charge in [-0.15, -0.1) is 0 Å². The molecule has 26 heavy (non-hydrogen) atoms. The van der Waals surface area contributed by atoms with Gasteiger partial charge in [0.2, 0.25) is 11.8 Å². The molecule has 2 amide bonds. The van der Waals surface area contributed by atoms with Gasteiger partial charge >= 0.3 is 0 Å². The normalized spacial score (nSPS) is 25.5. The molecule has 1 heterocycles. The predicted molar refractivity (Wildman–Crippen MR) is 106 cm³/mol. The van der Waals surface area contributed by atoms with Gasteiger partial charge in [0, 0.05) is 4.47 Å². The molecular formula is C21H19BrClNO2. The Labute approximate surface area is 166 Å². The molecule has 2 aromatic carbocycles. The second-order valence-electron chi connectivity index (χ2n) is 7.15. The average molecular weight is 433 g/mol. The summed E-state index contributed by atoms with van der Waals surface area (Å²) in [6, 6.07) is 13.9. The number of anilines is 1. The van der Waals surface area contributed by atoms with Crippen LogP contribution in [0.2, 0.25) is 5.02 Å². The number of carbonyl (C=O) groups excluding carboxylic acids is 2. The number of benzene rings is 2. The molecule has 1 saturated carbocycles. The molecule has 2 aromatic rings. The highest BCUT2D eigenvalue weighted by atomic mass is 79.9. The van der Waals surface area contributed by atoms with Crippen LogP contribution in [0.15, 0.2) is 46.9 Å². The number of hydrogen-bond acceptors (Lipinski definition) is 2. The third-order valence-electron chi connectivity index (χ3n) is 5.75. The Bertz CT molecular complexity index is 883. The molecule has 3 nitrogen and oxygen atoms in total. The van der Waals surface area contributed by atoms with Gasteiger partial charge in [0.15, 0.2) is 0 Å². The standard InChI is InChI=1S/C21H19BrClNO2/c1-12-18(10-9-17(22)19(12)23)24-20(25)15-8-7-14(11-16(15)21(24)26)13-5-3-2-4-6-13/h2-6,9-10,14-16H,7-8,11H2,1H3.